The standard InChI is InChI=1S/C25H23Cl2N3O4/c1-2-33-23-13-19(7-12-22(23)34-16-18-5-10-21(27)11-6-18)15-29-30-25(32)24(31)28-14-17-3-8-20(26)9-4-17/h3-13,15H,2,14,16H2,1H3,(H,28,31)(H,30,32)/b29-15-. The molecule has 0 heterocycles. The van der Waals surface area contributed by atoms with Crippen LogP contribution in [0.2, 0.25) is 10.0 Å². The number of carbonyl (C=O) groups is 2. The molecule has 0 aliphatic rings. The number of hydrogen-bond acceptors (Lipinski definition) is 5. The summed E-state index contributed by atoms with van der Waals surface area (Å²) in [5.41, 5.74) is 4.65. The lowest BCUT2D eigenvalue weighted by Crippen LogP contribution is -2.37. The van der Waals surface area contributed by atoms with Gasteiger partial charge in [0.15, 0.2) is 11.5 Å². The van der Waals surface area contributed by atoms with Crippen molar-refractivity contribution in [2.75, 3.05) is 6.61 Å². The van der Waals surface area contributed by atoms with Crippen LogP contribution in [-0.2, 0) is 22.7 Å². The van der Waals surface area contributed by atoms with Gasteiger partial charge in [-0.3, -0.25) is 9.59 Å². The van der Waals surface area contributed by atoms with Gasteiger partial charge in [-0.1, -0.05) is 47.5 Å². The van der Waals surface area contributed by atoms with Crippen LogP contribution in [0.3, 0.4) is 0 Å². The van der Waals surface area contributed by atoms with Crippen molar-refractivity contribution in [3.05, 3.63) is 93.5 Å². The minimum atomic E-state index is -0.877. The van der Waals surface area contributed by atoms with Crippen LogP contribution in [-0.4, -0.2) is 24.6 Å². The van der Waals surface area contributed by atoms with Crippen molar-refractivity contribution in [3.63, 3.8) is 0 Å². The van der Waals surface area contributed by atoms with Gasteiger partial charge in [-0.05, 0) is 66.1 Å². The van der Waals surface area contributed by atoms with Crippen LogP contribution in [0.1, 0.15) is 23.6 Å². The molecule has 3 aromatic carbocycles. The van der Waals surface area contributed by atoms with E-state index in [9.17, 15) is 9.59 Å². The molecule has 7 nitrogen and oxygen atoms in total. The fourth-order valence-corrected chi connectivity index (χ4v) is 3.07. The Morgan fingerprint density at radius 3 is 2.15 bits per heavy atom. The fraction of sp³-hybridized carbons (Fsp3) is 0.160. The van der Waals surface area contributed by atoms with Crippen LogP contribution in [0, 0.1) is 0 Å². The molecular formula is C25H23Cl2N3O4. The van der Waals surface area contributed by atoms with Crippen LogP contribution in [0.25, 0.3) is 0 Å². The molecule has 3 aromatic rings. The van der Waals surface area contributed by atoms with Gasteiger partial charge in [0, 0.05) is 16.6 Å². The number of carbonyl (C=O) groups excluding carboxylic acids is 2. The van der Waals surface area contributed by atoms with E-state index in [0.29, 0.717) is 40.3 Å². The van der Waals surface area contributed by atoms with Crippen LogP contribution >= 0.6 is 23.2 Å². The Kier molecular flexibility index (Phi) is 9.31. The summed E-state index contributed by atoms with van der Waals surface area (Å²) < 4.78 is 11.5. The SMILES string of the molecule is CCOc1cc(/C=N\NC(=O)C(=O)NCc2ccc(Cl)cc2)ccc1OCc1ccc(Cl)cc1. The van der Waals surface area contributed by atoms with Gasteiger partial charge in [0.05, 0.1) is 12.8 Å². The number of amides is 2. The van der Waals surface area contributed by atoms with Crippen molar-refractivity contribution in [2.24, 2.45) is 5.10 Å². The molecule has 0 radical (unpaired) electrons. The molecule has 0 aliphatic heterocycles. The Hall–Kier alpha value is -3.55. The van der Waals surface area contributed by atoms with Crippen molar-refractivity contribution in [1.29, 1.82) is 0 Å². The molecule has 0 fully saturated rings. The zero-order chi connectivity index (χ0) is 24.3. The van der Waals surface area contributed by atoms with Gasteiger partial charge in [-0.2, -0.15) is 5.10 Å². The molecule has 0 aliphatic carbocycles. The lowest BCUT2D eigenvalue weighted by Gasteiger charge is -2.12. The first-order valence-corrected chi connectivity index (χ1v) is 11.2. The van der Waals surface area contributed by atoms with Crippen LogP contribution in [0.15, 0.2) is 71.8 Å². The minimum absolute atomic E-state index is 0.197. The highest BCUT2D eigenvalue weighted by Crippen LogP contribution is 2.29. The number of halogens is 2. The highest BCUT2D eigenvalue weighted by atomic mass is 35.5. The Labute approximate surface area is 207 Å². The molecular weight excluding hydrogens is 477 g/mol. The summed E-state index contributed by atoms with van der Waals surface area (Å²) in [7, 11) is 0. The molecule has 3 rings (SSSR count). The smallest absolute Gasteiger partial charge is 0.329 e. The Balaban J connectivity index is 1.54. The van der Waals surface area contributed by atoms with E-state index in [2.05, 4.69) is 15.8 Å². The molecule has 0 saturated carbocycles. The number of benzene rings is 3. The zero-order valence-electron chi connectivity index (χ0n) is 18.4. The molecule has 176 valence electrons. The number of rotatable bonds is 9. The highest BCUT2D eigenvalue weighted by molar-refractivity contribution is 6.35. The summed E-state index contributed by atoms with van der Waals surface area (Å²) in [6.07, 6.45) is 1.41. The van der Waals surface area contributed by atoms with E-state index >= 15 is 0 Å². The van der Waals surface area contributed by atoms with E-state index in [1.807, 2.05) is 19.1 Å². The number of nitrogens with zero attached hydrogens (tertiary/aromatic N) is 1. The normalized spacial score (nSPS) is 10.7. The third-order valence-electron chi connectivity index (χ3n) is 4.53. The summed E-state index contributed by atoms with van der Waals surface area (Å²) in [5, 5.41) is 7.62. The maximum atomic E-state index is 12.0. The average molecular weight is 500 g/mol. The number of hydrogen-bond donors (Lipinski definition) is 2. The first-order valence-electron chi connectivity index (χ1n) is 10.4. The molecule has 0 atom stereocenters. The molecule has 9 heteroatoms. The number of ether oxygens (including phenoxy) is 2. The van der Waals surface area contributed by atoms with Gasteiger partial charge in [0.2, 0.25) is 0 Å². The lowest BCUT2D eigenvalue weighted by molar-refractivity contribution is -0.139. The maximum Gasteiger partial charge on any atom is 0.329 e. The molecule has 0 aromatic heterocycles. The van der Waals surface area contributed by atoms with E-state index in [-0.39, 0.29) is 6.54 Å². The Morgan fingerprint density at radius 1 is 0.853 bits per heavy atom. The number of nitrogens with one attached hydrogen (secondary N) is 2. The predicted octanol–water partition coefficient (Wildman–Crippen LogP) is 4.74. The van der Waals surface area contributed by atoms with Crippen molar-refractivity contribution in [2.45, 2.75) is 20.1 Å². The third-order valence-corrected chi connectivity index (χ3v) is 5.03. The van der Waals surface area contributed by atoms with Crippen molar-refractivity contribution >= 4 is 41.2 Å². The lowest BCUT2D eigenvalue weighted by atomic mass is 10.2. The largest absolute Gasteiger partial charge is 0.490 e. The van der Waals surface area contributed by atoms with Gasteiger partial charge in [0.25, 0.3) is 0 Å². The first-order chi connectivity index (χ1) is 16.4. The van der Waals surface area contributed by atoms with Crippen LogP contribution in [0.4, 0.5) is 0 Å². The third kappa shape index (κ3) is 7.79. The topological polar surface area (TPSA) is 89.0 Å². The monoisotopic (exact) mass is 499 g/mol. The zero-order valence-corrected chi connectivity index (χ0v) is 19.9. The summed E-state index contributed by atoms with van der Waals surface area (Å²) in [6.45, 7) is 2.86. The summed E-state index contributed by atoms with van der Waals surface area (Å²) in [6, 6.07) is 19.6. The first kappa shape index (κ1) is 25.1. The summed E-state index contributed by atoms with van der Waals surface area (Å²) in [5.74, 6) is -0.571. The van der Waals surface area contributed by atoms with Crippen LogP contribution in [0.5, 0.6) is 11.5 Å². The molecule has 0 saturated heterocycles. The van der Waals surface area contributed by atoms with Crippen molar-refractivity contribution in [1.82, 2.24) is 10.7 Å². The second kappa shape index (κ2) is 12.6. The van der Waals surface area contributed by atoms with Gasteiger partial charge >= 0.3 is 11.8 Å². The van der Waals surface area contributed by atoms with Crippen molar-refractivity contribution in [3.8, 4) is 11.5 Å². The molecule has 0 spiro atoms. The maximum absolute atomic E-state index is 12.0. The second-order valence-corrected chi connectivity index (χ2v) is 7.94. The minimum Gasteiger partial charge on any atom is -0.490 e. The van der Waals surface area contributed by atoms with Crippen molar-refractivity contribution < 1.29 is 19.1 Å². The highest BCUT2D eigenvalue weighted by Gasteiger charge is 2.12. The van der Waals surface area contributed by atoms with Gasteiger partial charge in [0.1, 0.15) is 6.61 Å². The van der Waals surface area contributed by atoms with Gasteiger partial charge in [-0.15, -0.1) is 0 Å². The predicted molar refractivity (Wildman–Crippen MR) is 132 cm³/mol. The molecule has 34 heavy (non-hydrogen) atoms. The second-order valence-electron chi connectivity index (χ2n) is 7.06. The van der Waals surface area contributed by atoms with E-state index in [0.717, 1.165) is 11.1 Å². The molecule has 2 N–H and O–H groups in total. The summed E-state index contributed by atoms with van der Waals surface area (Å²) in [4.78, 5) is 23.9. The molecule has 0 unspecified atom stereocenters. The van der Waals surface area contributed by atoms with E-state index in [1.54, 1.807) is 54.6 Å². The Bertz CT molecular complexity index is 1150. The number of hydrazone groups is 1. The Morgan fingerprint density at radius 2 is 1.50 bits per heavy atom. The fourth-order valence-electron chi connectivity index (χ4n) is 2.82. The quantitative estimate of drug-likeness (QED) is 0.253. The van der Waals surface area contributed by atoms with E-state index in [1.165, 1.54) is 6.21 Å². The van der Waals surface area contributed by atoms with E-state index < -0.39 is 11.8 Å². The summed E-state index contributed by atoms with van der Waals surface area (Å²) >= 11 is 11.7. The van der Waals surface area contributed by atoms with Gasteiger partial charge in [-0.25, -0.2) is 5.43 Å². The molecule has 2 amide bonds. The molecule has 0 bridgehead atoms. The average Bonchev–Trinajstić information content (AvgIpc) is 2.84. The van der Waals surface area contributed by atoms with Crippen LogP contribution < -0.4 is 20.2 Å². The van der Waals surface area contributed by atoms with Gasteiger partial charge < -0.3 is 14.8 Å². The van der Waals surface area contributed by atoms with E-state index in [4.69, 9.17) is 32.7 Å².